The molecule has 0 radical (unpaired) electrons. The molecule has 0 spiro atoms. The van der Waals surface area contributed by atoms with Crippen LogP contribution in [0.15, 0.2) is 24.3 Å². The molecule has 0 fully saturated rings. The first-order valence-corrected chi connectivity index (χ1v) is 9.30. The minimum absolute atomic E-state index is 0.130. The maximum Gasteiger partial charge on any atom is 0.263 e. The van der Waals surface area contributed by atoms with Crippen molar-refractivity contribution >= 4 is 5.91 Å². The molecule has 5 heteroatoms. The molecular formula is C22H27NO4. The number of fused-ring (bicyclic) bond motifs is 1. The lowest BCUT2D eigenvalue weighted by Gasteiger charge is -2.36. The van der Waals surface area contributed by atoms with Crippen LogP contribution in [0.4, 0.5) is 0 Å². The van der Waals surface area contributed by atoms with Crippen molar-refractivity contribution in [1.82, 2.24) is 5.32 Å². The minimum atomic E-state index is -0.928. The van der Waals surface area contributed by atoms with Gasteiger partial charge in [0.2, 0.25) is 0 Å². The van der Waals surface area contributed by atoms with Crippen molar-refractivity contribution in [3.63, 3.8) is 0 Å². The lowest BCUT2D eigenvalue weighted by atomic mass is 9.86. The highest BCUT2D eigenvalue weighted by Gasteiger charge is 2.40. The summed E-state index contributed by atoms with van der Waals surface area (Å²) in [7, 11) is 0. The Morgan fingerprint density at radius 2 is 1.78 bits per heavy atom. The molecule has 0 aromatic heterocycles. The van der Waals surface area contributed by atoms with Gasteiger partial charge in [0.25, 0.3) is 5.91 Å². The van der Waals surface area contributed by atoms with Crippen LogP contribution in [-0.2, 0) is 17.6 Å². The zero-order chi connectivity index (χ0) is 19.8. The van der Waals surface area contributed by atoms with Crippen LogP contribution in [0.5, 0.6) is 17.2 Å². The Bertz CT molecular complexity index is 873. The van der Waals surface area contributed by atoms with E-state index in [4.69, 9.17) is 4.74 Å². The number of phenols is 2. The first-order chi connectivity index (χ1) is 12.7. The average Bonchev–Trinajstić information content (AvgIpc) is 2.66. The van der Waals surface area contributed by atoms with Crippen molar-refractivity contribution in [2.75, 3.05) is 6.54 Å². The van der Waals surface area contributed by atoms with E-state index >= 15 is 0 Å². The SMILES string of the molecule is Cc1c(C)c2c(c(C)c1O)CCC(C)(C(=O)NCCc1ccc(O)cc1)O2. The molecule has 1 unspecified atom stereocenters. The first-order valence-electron chi connectivity index (χ1n) is 9.30. The number of nitrogens with one attached hydrogen (secondary N) is 1. The van der Waals surface area contributed by atoms with Crippen molar-refractivity contribution in [2.24, 2.45) is 0 Å². The van der Waals surface area contributed by atoms with E-state index in [1.54, 1.807) is 12.1 Å². The Morgan fingerprint density at radius 1 is 1.11 bits per heavy atom. The van der Waals surface area contributed by atoms with Crippen molar-refractivity contribution in [3.05, 3.63) is 52.1 Å². The van der Waals surface area contributed by atoms with Gasteiger partial charge in [-0.3, -0.25) is 4.79 Å². The molecule has 2 aromatic rings. The number of phenolic OH excluding ortho intramolecular Hbond substituents is 2. The summed E-state index contributed by atoms with van der Waals surface area (Å²) < 4.78 is 6.19. The van der Waals surface area contributed by atoms with Crippen LogP contribution >= 0.6 is 0 Å². The number of amides is 1. The van der Waals surface area contributed by atoms with Gasteiger partial charge in [0.1, 0.15) is 17.2 Å². The molecule has 5 nitrogen and oxygen atoms in total. The van der Waals surface area contributed by atoms with E-state index in [1.807, 2.05) is 39.8 Å². The van der Waals surface area contributed by atoms with Gasteiger partial charge in [0.05, 0.1) is 0 Å². The Balaban J connectivity index is 1.70. The molecule has 1 aliphatic heterocycles. The second-order valence-electron chi connectivity index (χ2n) is 7.54. The molecular weight excluding hydrogens is 342 g/mol. The monoisotopic (exact) mass is 369 g/mol. The maximum absolute atomic E-state index is 12.8. The Hall–Kier alpha value is -2.69. The van der Waals surface area contributed by atoms with E-state index in [-0.39, 0.29) is 11.7 Å². The summed E-state index contributed by atoms with van der Waals surface area (Å²) in [5.41, 5.74) is 3.63. The Labute approximate surface area is 160 Å². The van der Waals surface area contributed by atoms with Gasteiger partial charge in [-0.25, -0.2) is 0 Å². The van der Waals surface area contributed by atoms with Gasteiger partial charge in [-0.15, -0.1) is 0 Å². The van der Waals surface area contributed by atoms with Gasteiger partial charge in [0, 0.05) is 18.5 Å². The van der Waals surface area contributed by atoms with E-state index in [2.05, 4.69) is 5.32 Å². The quantitative estimate of drug-likeness (QED) is 0.771. The van der Waals surface area contributed by atoms with Crippen molar-refractivity contribution < 1.29 is 19.7 Å². The number of carbonyl (C=O) groups is 1. The van der Waals surface area contributed by atoms with Gasteiger partial charge in [0.15, 0.2) is 5.60 Å². The van der Waals surface area contributed by atoms with Gasteiger partial charge in [-0.2, -0.15) is 0 Å². The molecule has 3 rings (SSSR count). The molecule has 144 valence electrons. The fraction of sp³-hybridized carbons (Fsp3) is 0.409. The molecule has 1 atom stereocenters. The van der Waals surface area contributed by atoms with Crippen LogP contribution in [0.2, 0.25) is 0 Å². The topological polar surface area (TPSA) is 78.8 Å². The van der Waals surface area contributed by atoms with Crippen LogP contribution < -0.4 is 10.1 Å². The molecule has 3 N–H and O–H groups in total. The largest absolute Gasteiger partial charge is 0.508 e. The zero-order valence-corrected chi connectivity index (χ0v) is 16.3. The van der Waals surface area contributed by atoms with E-state index in [9.17, 15) is 15.0 Å². The first kappa shape index (κ1) is 19.1. The Morgan fingerprint density at radius 3 is 2.44 bits per heavy atom. The van der Waals surface area contributed by atoms with Crippen LogP contribution in [0.3, 0.4) is 0 Å². The summed E-state index contributed by atoms with van der Waals surface area (Å²) in [6.45, 7) is 8.00. The fourth-order valence-electron chi connectivity index (χ4n) is 3.58. The molecule has 2 aromatic carbocycles. The fourth-order valence-corrected chi connectivity index (χ4v) is 3.58. The van der Waals surface area contributed by atoms with E-state index in [0.29, 0.717) is 31.6 Å². The van der Waals surface area contributed by atoms with Crippen LogP contribution in [0.25, 0.3) is 0 Å². The van der Waals surface area contributed by atoms with Crippen molar-refractivity contribution in [3.8, 4) is 17.2 Å². The van der Waals surface area contributed by atoms with Crippen LogP contribution in [0, 0.1) is 20.8 Å². The zero-order valence-electron chi connectivity index (χ0n) is 16.3. The van der Waals surface area contributed by atoms with Crippen LogP contribution in [0.1, 0.15) is 41.2 Å². The highest BCUT2D eigenvalue weighted by Crippen LogP contribution is 2.43. The molecule has 1 heterocycles. The van der Waals surface area contributed by atoms with E-state index in [1.165, 1.54) is 0 Å². The van der Waals surface area contributed by atoms with Crippen molar-refractivity contribution in [1.29, 1.82) is 0 Å². The molecule has 1 aliphatic rings. The molecule has 1 amide bonds. The van der Waals surface area contributed by atoms with E-state index in [0.717, 1.165) is 33.6 Å². The number of benzene rings is 2. The normalized spacial score (nSPS) is 18.5. The number of ether oxygens (including phenoxy) is 1. The summed E-state index contributed by atoms with van der Waals surface area (Å²) in [6, 6.07) is 6.97. The van der Waals surface area contributed by atoms with Crippen LogP contribution in [-0.4, -0.2) is 28.3 Å². The summed E-state index contributed by atoms with van der Waals surface area (Å²) in [5, 5.41) is 22.6. The van der Waals surface area contributed by atoms with Crippen molar-refractivity contribution in [2.45, 2.75) is 52.6 Å². The third kappa shape index (κ3) is 3.59. The lowest BCUT2D eigenvalue weighted by molar-refractivity contribution is -0.136. The summed E-state index contributed by atoms with van der Waals surface area (Å²) >= 11 is 0. The third-order valence-electron chi connectivity index (χ3n) is 5.64. The smallest absolute Gasteiger partial charge is 0.263 e. The number of carbonyl (C=O) groups excluding carboxylic acids is 1. The van der Waals surface area contributed by atoms with Gasteiger partial charge in [-0.05, 0) is 74.9 Å². The number of hydrogen-bond donors (Lipinski definition) is 3. The second-order valence-corrected chi connectivity index (χ2v) is 7.54. The minimum Gasteiger partial charge on any atom is -0.508 e. The van der Waals surface area contributed by atoms with Gasteiger partial charge >= 0.3 is 0 Å². The molecule has 0 saturated heterocycles. The second kappa shape index (κ2) is 7.14. The van der Waals surface area contributed by atoms with E-state index < -0.39 is 5.60 Å². The summed E-state index contributed by atoms with van der Waals surface area (Å²) in [6.07, 6.45) is 1.94. The Kier molecular flexibility index (Phi) is 5.05. The van der Waals surface area contributed by atoms with Gasteiger partial charge < -0.3 is 20.3 Å². The third-order valence-corrected chi connectivity index (χ3v) is 5.64. The summed E-state index contributed by atoms with van der Waals surface area (Å²) in [5.74, 6) is 1.15. The highest BCUT2D eigenvalue weighted by molar-refractivity contribution is 5.85. The predicted octanol–water partition coefficient (Wildman–Crippen LogP) is 3.47. The molecule has 0 bridgehead atoms. The highest BCUT2D eigenvalue weighted by atomic mass is 16.5. The average molecular weight is 369 g/mol. The summed E-state index contributed by atoms with van der Waals surface area (Å²) in [4.78, 5) is 12.8. The molecule has 27 heavy (non-hydrogen) atoms. The van der Waals surface area contributed by atoms with Gasteiger partial charge in [-0.1, -0.05) is 12.1 Å². The predicted molar refractivity (Wildman–Crippen MR) is 104 cm³/mol. The number of hydrogen-bond acceptors (Lipinski definition) is 4. The lowest BCUT2D eigenvalue weighted by Crippen LogP contribution is -2.51. The molecule has 0 saturated carbocycles. The maximum atomic E-state index is 12.8. The standard InChI is InChI=1S/C22H27NO4/c1-13-14(2)20-18(15(3)19(13)25)9-11-22(4,27-20)21(26)23-12-10-16-5-7-17(24)8-6-16/h5-8,24-25H,9-12H2,1-4H3,(H,23,26). The number of aromatic hydroxyl groups is 2. The number of rotatable bonds is 4. The molecule has 0 aliphatic carbocycles.